The number of anilines is 1. The highest BCUT2D eigenvalue weighted by molar-refractivity contribution is 9.10. The van der Waals surface area contributed by atoms with Crippen LogP contribution >= 0.6 is 15.9 Å². The SMILES string of the molecule is Cc1cc(NS(=O)(=O)N2CCOCC2)ncc1Br. The van der Waals surface area contributed by atoms with Crippen LogP contribution in [0.4, 0.5) is 5.82 Å². The molecule has 0 atom stereocenters. The van der Waals surface area contributed by atoms with Crippen LogP contribution in [-0.4, -0.2) is 44.0 Å². The van der Waals surface area contributed by atoms with Crippen LogP contribution in [0.3, 0.4) is 0 Å². The van der Waals surface area contributed by atoms with Crippen molar-refractivity contribution in [2.75, 3.05) is 31.0 Å². The van der Waals surface area contributed by atoms with E-state index >= 15 is 0 Å². The summed E-state index contributed by atoms with van der Waals surface area (Å²) in [6, 6.07) is 1.68. The summed E-state index contributed by atoms with van der Waals surface area (Å²) in [6.07, 6.45) is 1.58. The maximum Gasteiger partial charge on any atom is 0.302 e. The molecular weight excluding hydrogens is 322 g/mol. The number of hydrogen-bond acceptors (Lipinski definition) is 4. The Morgan fingerprint density at radius 2 is 2.11 bits per heavy atom. The van der Waals surface area contributed by atoms with Crippen LogP contribution in [0, 0.1) is 6.92 Å². The number of aryl methyl sites for hydroxylation is 1. The monoisotopic (exact) mass is 335 g/mol. The zero-order chi connectivity index (χ0) is 13.2. The number of aromatic nitrogens is 1. The third-order valence-corrected chi connectivity index (χ3v) is 4.93. The van der Waals surface area contributed by atoms with Gasteiger partial charge in [0.2, 0.25) is 0 Å². The molecule has 0 saturated carbocycles. The quantitative estimate of drug-likeness (QED) is 0.899. The Bertz CT molecular complexity index is 529. The molecule has 2 rings (SSSR count). The summed E-state index contributed by atoms with van der Waals surface area (Å²) in [5.41, 5.74) is 0.921. The highest BCUT2D eigenvalue weighted by atomic mass is 79.9. The van der Waals surface area contributed by atoms with E-state index in [4.69, 9.17) is 4.74 Å². The van der Waals surface area contributed by atoms with Gasteiger partial charge in [-0.25, -0.2) is 4.98 Å². The van der Waals surface area contributed by atoms with Crippen LogP contribution < -0.4 is 4.72 Å². The summed E-state index contributed by atoms with van der Waals surface area (Å²) < 4.78 is 33.9. The van der Waals surface area contributed by atoms with E-state index in [1.165, 1.54) is 4.31 Å². The largest absolute Gasteiger partial charge is 0.379 e. The number of nitrogens with one attached hydrogen (secondary N) is 1. The zero-order valence-electron chi connectivity index (χ0n) is 9.89. The lowest BCUT2D eigenvalue weighted by Crippen LogP contribution is -2.43. The topological polar surface area (TPSA) is 71.5 Å². The minimum Gasteiger partial charge on any atom is -0.379 e. The van der Waals surface area contributed by atoms with Gasteiger partial charge in [-0.1, -0.05) is 0 Å². The van der Waals surface area contributed by atoms with Crippen molar-refractivity contribution >= 4 is 32.0 Å². The Labute approximate surface area is 115 Å². The first kappa shape index (κ1) is 13.7. The lowest BCUT2D eigenvalue weighted by atomic mass is 10.3. The molecule has 0 unspecified atom stereocenters. The predicted molar refractivity (Wildman–Crippen MR) is 71.6 cm³/mol. The molecule has 0 bridgehead atoms. The van der Waals surface area contributed by atoms with Crippen molar-refractivity contribution in [3.05, 3.63) is 22.3 Å². The second kappa shape index (κ2) is 5.52. The van der Waals surface area contributed by atoms with Crippen LogP contribution in [-0.2, 0) is 14.9 Å². The molecule has 1 aromatic heterocycles. The molecule has 2 heterocycles. The number of pyridine rings is 1. The Kier molecular flexibility index (Phi) is 4.21. The van der Waals surface area contributed by atoms with Gasteiger partial charge in [0.25, 0.3) is 0 Å². The van der Waals surface area contributed by atoms with Crippen molar-refractivity contribution in [3.63, 3.8) is 0 Å². The highest BCUT2D eigenvalue weighted by Crippen LogP contribution is 2.18. The van der Waals surface area contributed by atoms with Gasteiger partial charge in [0.05, 0.1) is 13.2 Å². The van der Waals surface area contributed by atoms with E-state index < -0.39 is 10.2 Å². The Balaban J connectivity index is 2.13. The van der Waals surface area contributed by atoms with Crippen LogP contribution in [0.1, 0.15) is 5.56 Å². The van der Waals surface area contributed by atoms with Gasteiger partial charge in [-0.3, -0.25) is 4.72 Å². The molecule has 100 valence electrons. The normalized spacial score (nSPS) is 17.7. The first-order chi connectivity index (χ1) is 8.49. The van der Waals surface area contributed by atoms with E-state index in [2.05, 4.69) is 25.6 Å². The summed E-state index contributed by atoms with van der Waals surface area (Å²) in [5.74, 6) is 0.321. The molecule has 0 radical (unpaired) electrons. The minimum atomic E-state index is -3.54. The molecule has 1 aliphatic rings. The predicted octanol–water partition coefficient (Wildman–Crippen LogP) is 1.14. The van der Waals surface area contributed by atoms with Crippen molar-refractivity contribution in [2.45, 2.75) is 6.92 Å². The van der Waals surface area contributed by atoms with E-state index in [0.717, 1.165) is 10.0 Å². The molecule has 0 spiro atoms. The van der Waals surface area contributed by atoms with E-state index in [1.54, 1.807) is 12.3 Å². The fraction of sp³-hybridized carbons (Fsp3) is 0.500. The molecule has 1 N–H and O–H groups in total. The molecular formula is C10H14BrN3O3S. The van der Waals surface area contributed by atoms with Crippen molar-refractivity contribution in [3.8, 4) is 0 Å². The summed E-state index contributed by atoms with van der Waals surface area (Å²) in [4.78, 5) is 4.02. The zero-order valence-corrected chi connectivity index (χ0v) is 12.3. The van der Waals surface area contributed by atoms with Gasteiger partial charge < -0.3 is 4.74 Å². The van der Waals surface area contributed by atoms with Gasteiger partial charge in [0.1, 0.15) is 5.82 Å². The molecule has 1 saturated heterocycles. The lowest BCUT2D eigenvalue weighted by Gasteiger charge is -2.26. The standard InChI is InChI=1S/C10H14BrN3O3S/c1-8-6-10(12-7-9(8)11)13-18(15,16)14-2-4-17-5-3-14/h6-7H,2-5H2,1H3,(H,12,13). The van der Waals surface area contributed by atoms with Gasteiger partial charge >= 0.3 is 10.2 Å². The third kappa shape index (κ3) is 3.19. The van der Waals surface area contributed by atoms with Gasteiger partial charge in [0.15, 0.2) is 0 Å². The van der Waals surface area contributed by atoms with Crippen LogP contribution in [0.25, 0.3) is 0 Å². The lowest BCUT2D eigenvalue weighted by molar-refractivity contribution is 0.0733. The first-order valence-corrected chi connectivity index (χ1v) is 7.70. The van der Waals surface area contributed by atoms with Gasteiger partial charge in [0, 0.05) is 23.8 Å². The van der Waals surface area contributed by atoms with Crippen molar-refractivity contribution in [1.29, 1.82) is 0 Å². The molecule has 0 aliphatic carbocycles. The molecule has 1 fully saturated rings. The molecule has 8 heteroatoms. The minimum absolute atomic E-state index is 0.321. The smallest absolute Gasteiger partial charge is 0.302 e. The number of halogens is 1. The summed E-state index contributed by atoms with van der Waals surface area (Å²) in [7, 11) is -3.54. The Hall–Kier alpha value is -0.700. The maximum absolute atomic E-state index is 12.1. The van der Waals surface area contributed by atoms with Gasteiger partial charge in [-0.2, -0.15) is 12.7 Å². The average Bonchev–Trinajstić information content (AvgIpc) is 2.35. The van der Waals surface area contributed by atoms with Crippen LogP contribution in [0.5, 0.6) is 0 Å². The fourth-order valence-corrected chi connectivity index (χ4v) is 2.93. The second-order valence-corrected chi connectivity index (χ2v) is 6.46. The van der Waals surface area contributed by atoms with Gasteiger partial charge in [-0.15, -0.1) is 0 Å². The van der Waals surface area contributed by atoms with E-state index in [-0.39, 0.29) is 0 Å². The molecule has 1 aromatic rings. The number of rotatable bonds is 3. The van der Waals surface area contributed by atoms with Crippen LogP contribution in [0.2, 0.25) is 0 Å². The number of morpholine rings is 1. The maximum atomic E-state index is 12.1. The Morgan fingerprint density at radius 3 is 2.72 bits per heavy atom. The van der Waals surface area contributed by atoms with E-state index in [0.29, 0.717) is 32.1 Å². The van der Waals surface area contributed by atoms with E-state index in [9.17, 15) is 8.42 Å². The average molecular weight is 336 g/mol. The van der Waals surface area contributed by atoms with E-state index in [1.807, 2.05) is 6.92 Å². The Morgan fingerprint density at radius 1 is 1.44 bits per heavy atom. The third-order valence-electron chi connectivity index (χ3n) is 2.59. The first-order valence-electron chi connectivity index (χ1n) is 5.47. The van der Waals surface area contributed by atoms with Crippen molar-refractivity contribution in [2.24, 2.45) is 0 Å². The van der Waals surface area contributed by atoms with Gasteiger partial charge in [-0.05, 0) is 34.5 Å². The molecule has 1 aliphatic heterocycles. The second-order valence-electron chi connectivity index (χ2n) is 3.94. The van der Waals surface area contributed by atoms with Crippen molar-refractivity contribution < 1.29 is 13.2 Å². The molecule has 6 nitrogen and oxygen atoms in total. The number of ether oxygens (including phenoxy) is 1. The van der Waals surface area contributed by atoms with Crippen molar-refractivity contribution in [1.82, 2.24) is 9.29 Å². The molecule has 18 heavy (non-hydrogen) atoms. The number of hydrogen-bond donors (Lipinski definition) is 1. The highest BCUT2D eigenvalue weighted by Gasteiger charge is 2.24. The molecule has 0 amide bonds. The summed E-state index contributed by atoms with van der Waals surface area (Å²) in [6.45, 7) is 3.45. The molecule has 0 aromatic carbocycles. The fourth-order valence-electron chi connectivity index (χ4n) is 1.58. The van der Waals surface area contributed by atoms with Crippen LogP contribution in [0.15, 0.2) is 16.7 Å². The number of nitrogens with zero attached hydrogens (tertiary/aromatic N) is 2. The summed E-state index contributed by atoms with van der Waals surface area (Å²) in [5, 5.41) is 0. The summed E-state index contributed by atoms with van der Waals surface area (Å²) >= 11 is 3.32.